The van der Waals surface area contributed by atoms with Gasteiger partial charge in [0.15, 0.2) is 11.4 Å². The van der Waals surface area contributed by atoms with E-state index in [1.54, 1.807) is 18.2 Å². The molecule has 88 valence electrons. The van der Waals surface area contributed by atoms with Gasteiger partial charge in [0.25, 0.3) is 0 Å². The van der Waals surface area contributed by atoms with Crippen LogP contribution < -0.4 is 5.73 Å². The van der Waals surface area contributed by atoms with E-state index >= 15 is 0 Å². The molecule has 0 fully saturated rings. The van der Waals surface area contributed by atoms with Crippen molar-refractivity contribution in [3.63, 3.8) is 0 Å². The van der Waals surface area contributed by atoms with Gasteiger partial charge >= 0.3 is 0 Å². The average molecular weight is 258 g/mol. The maximum atomic E-state index is 9.09. The van der Waals surface area contributed by atoms with Gasteiger partial charge in [-0.2, -0.15) is 10.5 Å². The Morgan fingerprint density at radius 2 is 2.11 bits per heavy atom. The second-order valence-corrected chi connectivity index (χ2v) is 3.88. The number of benzene rings is 1. The fraction of sp³-hybridized carbons (Fsp3) is 0.0833. The highest BCUT2D eigenvalue weighted by Crippen LogP contribution is 2.24. The highest BCUT2D eigenvalue weighted by atomic mass is 35.5. The molecule has 6 heteroatoms. The minimum absolute atomic E-state index is 0.0837. The van der Waals surface area contributed by atoms with Gasteiger partial charge in [-0.05, 0) is 12.1 Å². The zero-order chi connectivity index (χ0) is 13.1. The fourth-order valence-corrected chi connectivity index (χ4v) is 1.94. The number of hydrogen-bond acceptors (Lipinski definition) is 4. The molecule has 0 saturated heterocycles. The molecule has 1 heterocycles. The summed E-state index contributed by atoms with van der Waals surface area (Å²) < 4.78 is 1.52. The molecule has 2 N–H and O–H groups in total. The summed E-state index contributed by atoms with van der Waals surface area (Å²) in [7, 11) is 0. The van der Waals surface area contributed by atoms with Crippen LogP contribution >= 0.6 is 11.6 Å². The molecule has 1 aromatic heterocycles. The van der Waals surface area contributed by atoms with Crippen molar-refractivity contribution in [2.24, 2.45) is 5.73 Å². The van der Waals surface area contributed by atoms with Crippen LogP contribution in [-0.2, 0) is 6.54 Å². The SMILES string of the molecule is N#Cc1ncn(-c2cccc(Cl)c2CN)c1C#N. The lowest BCUT2D eigenvalue weighted by Gasteiger charge is -2.10. The molecule has 0 atom stereocenters. The number of halogens is 1. The molecule has 0 aliphatic carbocycles. The van der Waals surface area contributed by atoms with Crippen molar-refractivity contribution >= 4 is 11.6 Å². The number of imidazole rings is 1. The van der Waals surface area contributed by atoms with Crippen molar-refractivity contribution in [1.82, 2.24) is 9.55 Å². The highest BCUT2D eigenvalue weighted by Gasteiger charge is 2.14. The van der Waals surface area contributed by atoms with Crippen molar-refractivity contribution in [2.45, 2.75) is 6.54 Å². The molecule has 0 radical (unpaired) electrons. The van der Waals surface area contributed by atoms with Crippen molar-refractivity contribution in [1.29, 1.82) is 10.5 Å². The Morgan fingerprint density at radius 3 is 2.72 bits per heavy atom. The molecule has 18 heavy (non-hydrogen) atoms. The molecule has 5 nitrogen and oxygen atoms in total. The van der Waals surface area contributed by atoms with E-state index in [0.29, 0.717) is 16.3 Å². The molecule has 0 saturated carbocycles. The van der Waals surface area contributed by atoms with Crippen LogP contribution in [-0.4, -0.2) is 9.55 Å². The van der Waals surface area contributed by atoms with Crippen LogP contribution in [0.5, 0.6) is 0 Å². The third kappa shape index (κ3) is 1.82. The quantitative estimate of drug-likeness (QED) is 0.887. The van der Waals surface area contributed by atoms with E-state index in [2.05, 4.69) is 4.98 Å². The summed E-state index contributed by atoms with van der Waals surface area (Å²) in [6.45, 7) is 0.236. The number of nitriles is 2. The Morgan fingerprint density at radius 1 is 1.33 bits per heavy atom. The van der Waals surface area contributed by atoms with E-state index in [4.69, 9.17) is 27.9 Å². The predicted octanol–water partition coefficient (Wildman–Crippen LogP) is 1.73. The molecule has 0 spiro atoms. The van der Waals surface area contributed by atoms with Crippen LogP contribution in [0.25, 0.3) is 5.69 Å². The van der Waals surface area contributed by atoms with Gasteiger partial charge in [-0.3, -0.25) is 4.57 Å². The van der Waals surface area contributed by atoms with Gasteiger partial charge in [0.1, 0.15) is 18.5 Å². The molecular formula is C12H8ClN5. The van der Waals surface area contributed by atoms with Crippen molar-refractivity contribution in [2.75, 3.05) is 0 Å². The molecule has 1 aromatic carbocycles. The topological polar surface area (TPSA) is 91.4 Å². The number of aromatic nitrogens is 2. The zero-order valence-electron chi connectivity index (χ0n) is 9.26. The molecule has 0 aliphatic rings. The normalized spacial score (nSPS) is 9.78. The Kier molecular flexibility index (Phi) is 3.29. The van der Waals surface area contributed by atoms with Crippen LogP contribution in [0.2, 0.25) is 5.02 Å². The van der Waals surface area contributed by atoms with Crippen LogP contribution in [0, 0.1) is 22.7 Å². The van der Waals surface area contributed by atoms with Gasteiger partial charge in [-0.25, -0.2) is 4.98 Å². The lowest BCUT2D eigenvalue weighted by atomic mass is 10.1. The number of rotatable bonds is 2. The van der Waals surface area contributed by atoms with Crippen LogP contribution in [0.3, 0.4) is 0 Å². The standard InChI is InChI=1S/C12H8ClN5/c13-9-2-1-3-11(8(9)4-14)18-7-17-10(5-15)12(18)6-16/h1-3,7H,4,14H2. The molecule has 2 aromatic rings. The third-order valence-electron chi connectivity index (χ3n) is 2.54. The van der Waals surface area contributed by atoms with E-state index in [1.165, 1.54) is 10.9 Å². The predicted molar refractivity (Wildman–Crippen MR) is 65.9 cm³/mol. The molecule has 0 amide bonds. The maximum absolute atomic E-state index is 9.09. The van der Waals surface area contributed by atoms with E-state index in [9.17, 15) is 0 Å². The highest BCUT2D eigenvalue weighted by molar-refractivity contribution is 6.31. The fourth-order valence-electron chi connectivity index (χ4n) is 1.69. The van der Waals surface area contributed by atoms with Crippen LogP contribution in [0.15, 0.2) is 24.5 Å². The molecule has 2 rings (SSSR count). The number of nitrogens with zero attached hydrogens (tertiary/aromatic N) is 4. The van der Waals surface area contributed by atoms with E-state index in [1.807, 2.05) is 12.1 Å². The summed E-state index contributed by atoms with van der Waals surface area (Å²) in [5.41, 5.74) is 7.28. The van der Waals surface area contributed by atoms with Crippen LogP contribution in [0.4, 0.5) is 0 Å². The van der Waals surface area contributed by atoms with Crippen molar-refractivity contribution < 1.29 is 0 Å². The maximum Gasteiger partial charge on any atom is 0.177 e. The second-order valence-electron chi connectivity index (χ2n) is 3.48. The first-order valence-corrected chi connectivity index (χ1v) is 5.46. The van der Waals surface area contributed by atoms with Crippen LogP contribution in [0.1, 0.15) is 17.0 Å². The van der Waals surface area contributed by atoms with Gasteiger partial charge in [0, 0.05) is 17.1 Å². The smallest absolute Gasteiger partial charge is 0.177 e. The van der Waals surface area contributed by atoms with Crippen molar-refractivity contribution in [3.05, 3.63) is 46.5 Å². The lowest BCUT2D eigenvalue weighted by molar-refractivity contribution is 0.971. The Labute approximate surface area is 109 Å². The van der Waals surface area contributed by atoms with E-state index < -0.39 is 0 Å². The molecular weight excluding hydrogens is 250 g/mol. The summed E-state index contributed by atoms with van der Waals surface area (Å²) in [6, 6.07) is 9.08. The van der Waals surface area contributed by atoms with Gasteiger partial charge in [-0.15, -0.1) is 0 Å². The lowest BCUT2D eigenvalue weighted by Crippen LogP contribution is -2.06. The van der Waals surface area contributed by atoms with Gasteiger partial charge < -0.3 is 5.73 Å². The van der Waals surface area contributed by atoms with Gasteiger partial charge in [-0.1, -0.05) is 17.7 Å². The first kappa shape index (κ1) is 12.1. The summed E-state index contributed by atoms with van der Waals surface area (Å²) in [6.07, 6.45) is 1.42. The summed E-state index contributed by atoms with van der Waals surface area (Å²) in [5, 5.41) is 18.5. The number of hydrogen-bond donors (Lipinski definition) is 1. The Hall–Kier alpha value is -2.34. The first-order chi connectivity index (χ1) is 8.72. The third-order valence-corrected chi connectivity index (χ3v) is 2.89. The van der Waals surface area contributed by atoms with E-state index in [-0.39, 0.29) is 17.9 Å². The Balaban J connectivity index is 2.72. The first-order valence-electron chi connectivity index (χ1n) is 5.08. The van der Waals surface area contributed by atoms with Gasteiger partial charge in [0.05, 0.1) is 5.69 Å². The van der Waals surface area contributed by atoms with Crippen molar-refractivity contribution in [3.8, 4) is 17.8 Å². The molecule has 0 bridgehead atoms. The number of nitrogens with two attached hydrogens (primary N) is 1. The molecule has 0 aliphatic heterocycles. The summed E-state index contributed by atoms with van der Waals surface area (Å²) in [5.74, 6) is 0. The van der Waals surface area contributed by atoms with Gasteiger partial charge in [0.2, 0.25) is 0 Å². The summed E-state index contributed by atoms with van der Waals surface area (Å²) in [4.78, 5) is 3.88. The largest absolute Gasteiger partial charge is 0.326 e. The monoisotopic (exact) mass is 257 g/mol. The van der Waals surface area contributed by atoms with E-state index in [0.717, 1.165) is 0 Å². The molecule has 0 unspecified atom stereocenters. The Bertz CT molecular complexity index is 675. The minimum Gasteiger partial charge on any atom is -0.326 e. The average Bonchev–Trinajstić information content (AvgIpc) is 2.80. The minimum atomic E-state index is 0.0837. The summed E-state index contributed by atoms with van der Waals surface area (Å²) >= 11 is 6.05. The second kappa shape index (κ2) is 4.89. The zero-order valence-corrected chi connectivity index (χ0v) is 10.0.